The van der Waals surface area contributed by atoms with Crippen LogP contribution in [-0.4, -0.2) is 148 Å². The second kappa shape index (κ2) is 29.5. The maximum absolute atomic E-state index is 14.7. The Hall–Kier alpha value is -7.31. The summed E-state index contributed by atoms with van der Waals surface area (Å²) in [5, 5.41) is 25.7. The minimum absolute atomic E-state index is 0.0654. The smallest absolute Gasteiger partial charge is 0.417 e. The molecule has 0 bridgehead atoms. The average molecular weight is 1200 g/mol. The Kier molecular flexibility index (Phi) is 23.7. The van der Waals surface area contributed by atoms with E-state index >= 15 is 0 Å². The number of sulfonamides is 1. The highest BCUT2D eigenvalue weighted by atomic mass is 32.2. The fourth-order valence-corrected chi connectivity index (χ4v) is 17.9. The number of ether oxygens (including phenoxy) is 2. The monoisotopic (exact) mass is 1200 g/mol. The van der Waals surface area contributed by atoms with E-state index in [1.54, 1.807) is 77.9 Å². The van der Waals surface area contributed by atoms with Gasteiger partial charge < -0.3 is 56.2 Å². The van der Waals surface area contributed by atoms with E-state index in [-0.39, 0.29) is 50.1 Å². The van der Waals surface area contributed by atoms with Crippen LogP contribution in [0.25, 0.3) is 0 Å². The Balaban J connectivity index is 1.54. The van der Waals surface area contributed by atoms with Gasteiger partial charge in [-0.05, 0) is 136 Å². The maximum Gasteiger partial charge on any atom is 0.417 e. The summed E-state index contributed by atoms with van der Waals surface area (Å²) >= 11 is 0. The van der Waals surface area contributed by atoms with Gasteiger partial charge >= 0.3 is 6.09 Å². The van der Waals surface area contributed by atoms with Crippen molar-refractivity contribution in [3.63, 3.8) is 0 Å². The summed E-state index contributed by atoms with van der Waals surface area (Å²) in [5.74, 6) is -3.50. The van der Waals surface area contributed by atoms with Crippen molar-refractivity contribution in [2.45, 2.75) is 185 Å². The molecule has 2 heterocycles. The minimum atomic E-state index is -4.60. The molecule has 0 spiro atoms. The topological polar surface area (TPSA) is 307 Å². The quantitative estimate of drug-likeness (QED) is 0.0369. The van der Waals surface area contributed by atoms with Crippen LogP contribution >= 0.6 is 0 Å². The number of aliphatic hydroxyl groups is 1. The zero-order valence-corrected chi connectivity index (χ0v) is 52.6. The van der Waals surface area contributed by atoms with Gasteiger partial charge in [-0.15, -0.1) is 4.40 Å². The van der Waals surface area contributed by atoms with Gasteiger partial charge in [0, 0.05) is 32.1 Å². The molecule has 460 valence electrons. The Labute approximate surface area is 495 Å². The fourth-order valence-electron chi connectivity index (χ4n) is 11.2. The Bertz CT molecular complexity index is 2980. The van der Waals surface area contributed by atoms with Gasteiger partial charge in [-0.2, -0.15) is 8.42 Å². The zero-order chi connectivity index (χ0) is 62.4. The number of rotatable bonds is 18. The molecule has 1 unspecified atom stereocenters. The van der Waals surface area contributed by atoms with Crippen molar-refractivity contribution in [2.24, 2.45) is 10.1 Å². The first-order chi connectivity index (χ1) is 39.4. The minimum Gasteiger partial charge on any atom is -0.543 e. The predicted molar refractivity (Wildman–Crippen MR) is 322 cm³/mol. The second-order valence-electron chi connectivity index (χ2n) is 23.5. The highest BCUT2D eigenvalue weighted by Gasteiger charge is 2.47. The lowest BCUT2D eigenvalue weighted by Crippen LogP contribution is -2.59. The molecule has 0 saturated carbocycles. The van der Waals surface area contributed by atoms with Gasteiger partial charge in [0.25, 0.3) is 24.2 Å². The van der Waals surface area contributed by atoms with Crippen molar-refractivity contribution in [3.05, 3.63) is 101 Å². The summed E-state index contributed by atoms with van der Waals surface area (Å²) in [6.45, 7) is 22.1. The molecule has 2 aliphatic heterocycles. The number of fused-ring (bicyclic) bond motifs is 1. The van der Waals surface area contributed by atoms with Gasteiger partial charge in [0.2, 0.25) is 36.0 Å². The van der Waals surface area contributed by atoms with Crippen LogP contribution in [0, 0.1) is 20.8 Å². The van der Waals surface area contributed by atoms with Crippen molar-refractivity contribution in [3.8, 4) is 11.5 Å². The van der Waals surface area contributed by atoms with Gasteiger partial charge in [-0.25, -0.2) is 9.69 Å². The summed E-state index contributed by atoms with van der Waals surface area (Å²) < 4.78 is 49.9. The lowest BCUT2D eigenvalue weighted by molar-refractivity contribution is -0.142. The number of carbonyl (C=O) groups is 7. The number of guanidine groups is 1. The highest BCUT2D eigenvalue weighted by Crippen LogP contribution is 2.43. The van der Waals surface area contributed by atoms with E-state index in [9.17, 15) is 47.1 Å². The van der Waals surface area contributed by atoms with Crippen LogP contribution in [0.4, 0.5) is 4.79 Å². The van der Waals surface area contributed by atoms with Gasteiger partial charge in [-0.1, -0.05) is 90.1 Å². The molecule has 1 fully saturated rings. The molecule has 5 rings (SSSR count). The summed E-state index contributed by atoms with van der Waals surface area (Å²) in [4.78, 5) is 99.2. The number of aryl methyl sites for hydroxylation is 1. The van der Waals surface area contributed by atoms with Crippen molar-refractivity contribution in [1.82, 2.24) is 36.4 Å². The molecule has 84 heavy (non-hydrogen) atoms. The summed E-state index contributed by atoms with van der Waals surface area (Å²) in [5.41, 5.74) is 8.86. The van der Waals surface area contributed by atoms with Gasteiger partial charge in [0.15, 0.2) is 6.10 Å². The first-order valence-electron chi connectivity index (χ1n) is 28.6. The Morgan fingerprint density at radius 1 is 0.893 bits per heavy atom. The lowest BCUT2D eigenvalue weighted by atomic mass is 10.0. The Morgan fingerprint density at radius 2 is 1.52 bits per heavy atom. The number of nitrogens with zero attached hydrogens (tertiary/aromatic N) is 3. The zero-order valence-electron chi connectivity index (χ0n) is 50.7. The molecule has 8 N–H and O–H groups in total. The number of hydrogen-bond donors (Lipinski definition) is 7. The predicted octanol–water partition coefficient (Wildman–Crippen LogP) is 5.29. The molecule has 22 nitrogen and oxygen atoms in total. The largest absolute Gasteiger partial charge is 0.543 e. The molecule has 1 saturated heterocycles. The van der Waals surface area contributed by atoms with Gasteiger partial charge in [-0.3, -0.25) is 28.8 Å². The van der Waals surface area contributed by atoms with Crippen LogP contribution in [0.3, 0.4) is 0 Å². The van der Waals surface area contributed by atoms with E-state index in [0.29, 0.717) is 63.2 Å². The highest BCUT2D eigenvalue weighted by molar-refractivity contribution is 7.90. The second-order valence-corrected chi connectivity index (χ2v) is 30.4. The van der Waals surface area contributed by atoms with Crippen molar-refractivity contribution >= 4 is 66.3 Å². The third kappa shape index (κ3) is 17.4. The average Bonchev–Trinajstić information content (AvgIpc) is 3.83. The maximum atomic E-state index is 14.7. The Morgan fingerprint density at radius 3 is 2.12 bits per heavy atom. The molecule has 6 atom stereocenters. The molecule has 7 amide bonds. The first-order valence-corrected chi connectivity index (χ1v) is 32.1. The molecular weight excluding hydrogens is 1110 g/mol. The van der Waals surface area contributed by atoms with Crippen molar-refractivity contribution < 1.29 is 61.0 Å². The van der Waals surface area contributed by atoms with Crippen LogP contribution in [0.15, 0.2) is 82.1 Å². The summed E-state index contributed by atoms with van der Waals surface area (Å²) in [7, 11) is -5.45. The summed E-state index contributed by atoms with van der Waals surface area (Å²) in [6.07, 6.45) is -0.0831. The van der Waals surface area contributed by atoms with Crippen LogP contribution in [0.5, 0.6) is 11.5 Å². The van der Waals surface area contributed by atoms with E-state index in [2.05, 4.69) is 72.5 Å². The molecule has 24 heteroatoms. The van der Waals surface area contributed by atoms with E-state index in [4.69, 9.17) is 19.6 Å². The van der Waals surface area contributed by atoms with E-state index in [0.717, 1.165) is 10.5 Å². The van der Waals surface area contributed by atoms with E-state index in [1.165, 1.54) is 24.2 Å². The number of nitrogens with two attached hydrogens (primary N) is 1. The molecule has 0 aromatic heterocycles. The number of aliphatic hydroxyl groups excluding tert-OH is 1. The van der Waals surface area contributed by atoms with Crippen molar-refractivity contribution in [1.29, 1.82) is 0 Å². The molecule has 3 aromatic rings. The molecule has 0 aliphatic carbocycles. The van der Waals surface area contributed by atoms with Crippen LogP contribution in [0.2, 0.25) is 16.6 Å². The molecule has 3 aromatic carbocycles. The standard InChI is InChI=1S/C60H87N9O13SSi/c1-36(2)84(37(3)4,38(5)6)82-45-26-23-43(24-27-45)32-44-25-28-51(71)62-34-48(63-35-70)57(76)68-29-18-22-49(68)55(74)65-46(52(72)56(75)66-47(54(73)64-44)33-42-19-15-14-16-20-42)21-17-30-69(59(77)81-60(10,11)12)58(61)67-83(78,79)53-39(7)31-50(80-13)40(8)41(53)9/h14-16,19-20,23-28,31,35-38,44,46-49,52,72H,17-18,21-22,29-30,32-34H2,1-13H3,(H2,61,67)(H,62,71)(H,63,70)(H,64,73)(H,65,74)(H,66,75)/b28-25+/t44-,46+,47-,48+,49+,52?/m1/s1. The van der Waals surface area contributed by atoms with Crippen LogP contribution in [-0.2, 0) is 56.4 Å². The normalized spacial score (nSPS) is 21.3. The number of benzene rings is 3. The van der Waals surface area contributed by atoms with E-state index in [1.807, 2.05) is 24.3 Å². The number of hydrogen-bond acceptors (Lipinski definition) is 13. The fraction of sp³-hybridized carbons (Fsp3) is 0.533. The molecule has 0 radical (unpaired) electrons. The third-order valence-corrected chi connectivity index (χ3v) is 23.0. The third-order valence-electron chi connectivity index (χ3n) is 15.4. The molecular formula is C60H87N9O13SSi. The van der Waals surface area contributed by atoms with E-state index < -0.39 is 108 Å². The number of carbonyl (C=O) groups excluding carboxylic acids is 7. The summed E-state index contributed by atoms with van der Waals surface area (Å²) in [6, 6.07) is 11.7. The lowest BCUT2D eigenvalue weighted by Gasteiger charge is -2.42. The van der Waals surface area contributed by atoms with Crippen LogP contribution < -0.4 is 41.5 Å². The molecule has 2 aliphatic rings. The number of nitrogens with one attached hydrogen (secondary N) is 5. The number of methoxy groups -OCH3 is 1. The van der Waals surface area contributed by atoms with Crippen LogP contribution in [0.1, 0.15) is 116 Å². The van der Waals surface area contributed by atoms with Crippen molar-refractivity contribution in [2.75, 3.05) is 26.7 Å². The first kappa shape index (κ1) is 67.5. The van der Waals surface area contributed by atoms with Gasteiger partial charge in [0.1, 0.15) is 35.2 Å². The number of amides is 7. The SMILES string of the molecule is COc1cc(C)c(S(=O)(=O)/N=C(\N)N(CCC[C@@H]2NC(=O)[C@@H]3CCCN3C(=O)[C@@H](NC=O)CNC(=O)/C=C/[C@H](Cc3ccc(O[Si](C(C)C)(C(C)C)C(C)C)cc3)NC(=O)[C@@H](Cc3ccccc3)NC(=O)C2O)C(=O)OC(C)(C)C)c(C)c1C. The van der Waals surface area contributed by atoms with Gasteiger partial charge in [0.05, 0.1) is 24.1 Å².